The van der Waals surface area contributed by atoms with Gasteiger partial charge in [0, 0.05) is 31.9 Å². The fourth-order valence-electron chi connectivity index (χ4n) is 3.49. The van der Waals surface area contributed by atoms with E-state index in [0.717, 1.165) is 5.75 Å². The molecule has 0 atom stereocenters. The Hall–Kier alpha value is -3.59. The van der Waals surface area contributed by atoms with Crippen LogP contribution >= 0.6 is 0 Å². The van der Waals surface area contributed by atoms with Gasteiger partial charge < -0.3 is 25.0 Å². The number of ether oxygens (including phenoxy) is 2. The van der Waals surface area contributed by atoms with Gasteiger partial charge in [-0.25, -0.2) is 4.79 Å². The number of hydrogen-bond acceptors (Lipinski definition) is 6. The van der Waals surface area contributed by atoms with Gasteiger partial charge in [0.2, 0.25) is 5.91 Å². The summed E-state index contributed by atoms with van der Waals surface area (Å²) in [7, 11) is 0. The fraction of sp³-hybridized carbons (Fsp3) is 0.375. The van der Waals surface area contributed by atoms with Crippen LogP contribution in [0.15, 0.2) is 48.5 Å². The molecule has 0 aliphatic carbocycles. The Morgan fingerprint density at radius 1 is 0.879 bits per heavy atom. The number of carbonyl (C=O) groups is 3. The van der Waals surface area contributed by atoms with Crippen molar-refractivity contribution < 1.29 is 23.9 Å². The smallest absolute Gasteiger partial charge is 0.409 e. The minimum Gasteiger partial charge on any atom is -0.494 e. The number of rotatable bonds is 8. The van der Waals surface area contributed by atoms with Gasteiger partial charge >= 0.3 is 6.09 Å². The van der Waals surface area contributed by atoms with E-state index >= 15 is 0 Å². The van der Waals surface area contributed by atoms with Gasteiger partial charge in [-0.3, -0.25) is 14.5 Å². The predicted molar refractivity (Wildman–Crippen MR) is 126 cm³/mol. The van der Waals surface area contributed by atoms with Crippen LogP contribution in [0.2, 0.25) is 0 Å². The number of nitrogens with one attached hydrogen (secondary N) is 2. The number of hydrogen-bond donors (Lipinski definition) is 2. The molecule has 33 heavy (non-hydrogen) atoms. The lowest BCUT2D eigenvalue weighted by molar-refractivity contribution is -0.117. The second-order valence-corrected chi connectivity index (χ2v) is 7.47. The largest absolute Gasteiger partial charge is 0.494 e. The second-order valence-electron chi connectivity index (χ2n) is 7.47. The standard InChI is InChI=1S/C24H30N4O5/c1-3-32-19-11-9-18(10-12-19)25-23(30)20-7-5-6-8-21(20)26-22(29)17-27-13-15-28(16-14-27)24(31)33-4-2/h5-12H,3-4,13-17H2,1-2H3,(H,25,30)(H,26,29). The number of amides is 3. The minimum atomic E-state index is -0.325. The zero-order valence-corrected chi connectivity index (χ0v) is 19.0. The zero-order valence-electron chi connectivity index (χ0n) is 19.0. The lowest BCUT2D eigenvalue weighted by Gasteiger charge is -2.33. The summed E-state index contributed by atoms with van der Waals surface area (Å²) in [6.07, 6.45) is -0.325. The van der Waals surface area contributed by atoms with Crippen LogP contribution < -0.4 is 15.4 Å². The van der Waals surface area contributed by atoms with E-state index in [9.17, 15) is 14.4 Å². The first-order valence-corrected chi connectivity index (χ1v) is 11.1. The molecular formula is C24H30N4O5. The normalized spacial score (nSPS) is 13.8. The maximum Gasteiger partial charge on any atom is 0.409 e. The number of para-hydroxylation sites is 1. The Balaban J connectivity index is 1.55. The molecule has 9 nitrogen and oxygen atoms in total. The SMILES string of the molecule is CCOC(=O)N1CCN(CC(=O)Nc2ccccc2C(=O)Nc2ccc(OCC)cc2)CC1. The van der Waals surface area contributed by atoms with E-state index in [-0.39, 0.29) is 24.5 Å². The number of nitrogens with zero attached hydrogens (tertiary/aromatic N) is 2. The minimum absolute atomic E-state index is 0.172. The predicted octanol–water partition coefficient (Wildman–Crippen LogP) is 3.05. The van der Waals surface area contributed by atoms with Crippen LogP contribution in [0.4, 0.5) is 16.2 Å². The monoisotopic (exact) mass is 454 g/mol. The molecule has 1 aliphatic heterocycles. The maximum absolute atomic E-state index is 12.8. The van der Waals surface area contributed by atoms with Crippen molar-refractivity contribution in [1.82, 2.24) is 9.80 Å². The van der Waals surface area contributed by atoms with E-state index in [2.05, 4.69) is 10.6 Å². The summed E-state index contributed by atoms with van der Waals surface area (Å²) in [4.78, 5) is 40.9. The molecule has 2 aromatic carbocycles. The first-order chi connectivity index (χ1) is 16.0. The van der Waals surface area contributed by atoms with Crippen molar-refractivity contribution in [3.8, 4) is 5.75 Å². The van der Waals surface area contributed by atoms with Crippen LogP contribution in [0.1, 0.15) is 24.2 Å². The van der Waals surface area contributed by atoms with Crippen LogP contribution in [0.5, 0.6) is 5.75 Å². The maximum atomic E-state index is 12.8. The highest BCUT2D eigenvalue weighted by molar-refractivity contribution is 6.10. The molecule has 0 radical (unpaired) electrons. The molecule has 2 aromatic rings. The fourth-order valence-corrected chi connectivity index (χ4v) is 3.49. The molecule has 1 aliphatic rings. The molecule has 3 rings (SSSR count). The average Bonchev–Trinajstić information content (AvgIpc) is 2.81. The van der Waals surface area contributed by atoms with Gasteiger partial charge in [-0.2, -0.15) is 0 Å². The van der Waals surface area contributed by atoms with Crippen molar-refractivity contribution in [2.24, 2.45) is 0 Å². The van der Waals surface area contributed by atoms with Gasteiger partial charge in [0.1, 0.15) is 5.75 Å². The van der Waals surface area contributed by atoms with E-state index in [0.29, 0.717) is 56.3 Å². The van der Waals surface area contributed by atoms with Crippen LogP contribution in [0.3, 0.4) is 0 Å². The summed E-state index contributed by atoms with van der Waals surface area (Å²) in [6, 6.07) is 14.0. The van der Waals surface area contributed by atoms with Crippen molar-refractivity contribution in [3.63, 3.8) is 0 Å². The molecule has 0 saturated carbocycles. The Kier molecular flexibility index (Phi) is 8.65. The lowest BCUT2D eigenvalue weighted by Crippen LogP contribution is -2.50. The van der Waals surface area contributed by atoms with Crippen molar-refractivity contribution in [2.45, 2.75) is 13.8 Å². The Morgan fingerprint density at radius 3 is 2.24 bits per heavy atom. The van der Waals surface area contributed by atoms with Gasteiger partial charge in [-0.05, 0) is 50.2 Å². The number of carbonyl (C=O) groups excluding carboxylic acids is 3. The van der Waals surface area contributed by atoms with Crippen molar-refractivity contribution in [3.05, 3.63) is 54.1 Å². The molecule has 0 spiro atoms. The highest BCUT2D eigenvalue weighted by Crippen LogP contribution is 2.20. The third-order valence-electron chi connectivity index (χ3n) is 5.13. The third kappa shape index (κ3) is 6.95. The molecule has 0 bridgehead atoms. The second kappa shape index (κ2) is 11.9. The summed E-state index contributed by atoms with van der Waals surface area (Å²) < 4.78 is 10.4. The summed E-state index contributed by atoms with van der Waals surface area (Å²) >= 11 is 0. The first-order valence-electron chi connectivity index (χ1n) is 11.1. The van der Waals surface area contributed by atoms with Crippen LogP contribution in [-0.4, -0.2) is 73.6 Å². The molecule has 1 fully saturated rings. The van der Waals surface area contributed by atoms with Gasteiger partial charge in [-0.1, -0.05) is 12.1 Å². The number of anilines is 2. The molecular weight excluding hydrogens is 424 g/mol. The van der Waals surface area contributed by atoms with E-state index in [1.807, 2.05) is 11.8 Å². The van der Waals surface area contributed by atoms with Crippen LogP contribution in [0.25, 0.3) is 0 Å². The highest BCUT2D eigenvalue weighted by atomic mass is 16.6. The number of benzene rings is 2. The van der Waals surface area contributed by atoms with Gasteiger partial charge in [-0.15, -0.1) is 0 Å². The Labute approximate surface area is 193 Å². The van der Waals surface area contributed by atoms with Crippen molar-refractivity contribution in [2.75, 3.05) is 56.6 Å². The summed E-state index contributed by atoms with van der Waals surface area (Å²) in [5.41, 5.74) is 1.44. The molecule has 3 amide bonds. The van der Waals surface area contributed by atoms with E-state index in [1.54, 1.807) is 60.4 Å². The highest BCUT2D eigenvalue weighted by Gasteiger charge is 2.23. The number of piperazine rings is 1. The topological polar surface area (TPSA) is 100 Å². The molecule has 1 saturated heterocycles. The van der Waals surface area contributed by atoms with Crippen LogP contribution in [-0.2, 0) is 9.53 Å². The van der Waals surface area contributed by atoms with Gasteiger partial charge in [0.15, 0.2) is 0 Å². The molecule has 1 heterocycles. The van der Waals surface area contributed by atoms with E-state index < -0.39 is 0 Å². The first kappa shape index (κ1) is 24.1. The van der Waals surface area contributed by atoms with Crippen LogP contribution in [0, 0.1) is 0 Å². The van der Waals surface area contributed by atoms with Crippen molar-refractivity contribution in [1.29, 1.82) is 0 Å². The van der Waals surface area contributed by atoms with Gasteiger partial charge in [0.05, 0.1) is 31.0 Å². The third-order valence-corrected chi connectivity index (χ3v) is 5.13. The summed E-state index contributed by atoms with van der Waals surface area (Å²) in [5, 5.41) is 5.68. The molecule has 0 unspecified atom stereocenters. The van der Waals surface area contributed by atoms with E-state index in [1.165, 1.54) is 0 Å². The lowest BCUT2D eigenvalue weighted by atomic mass is 10.1. The zero-order chi connectivity index (χ0) is 23.6. The molecule has 2 N–H and O–H groups in total. The molecule has 176 valence electrons. The Morgan fingerprint density at radius 2 is 1.58 bits per heavy atom. The average molecular weight is 455 g/mol. The Bertz CT molecular complexity index is 956. The summed E-state index contributed by atoms with van der Waals surface area (Å²) in [5.74, 6) is 0.185. The molecule has 9 heteroatoms. The van der Waals surface area contributed by atoms with Crippen molar-refractivity contribution >= 4 is 29.3 Å². The quantitative estimate of drug-likeness (QED) is 0.636. The van der Waals surface area contributed by atoms with E-state index in [4.69, 9.17) is 9.47 Å². The van der Waals surface area contributed by atoms with Gasteiger partial charge in [0.25, 0.3) is 5.91 Å². The summed E-state index contributed by atoms with van der Waals surface area (Å²) in [6.45, 7) is 6.93. The molecule has 0 aromatic heterocycles.